The molecule has 0 fully saturated rings. The number of rotatable bonds is 7. The van der Waals surface area contributed by atoms with Gasteiger partial charge >= 0.3 is 0 Å². The molecule has 4 nitrogen and oxygen atoms in total. The second kappa shape index (κ2) is 7.71. The number of nitrogens with one attached hydrogen (secondary N) is 1. The summed E-state index contributed by atoms with van der Waals surface area (Å²) in [6, 6.07) is 5.39. The minimum Gasteiger partial charge on any atom is -0.494 e. The van der Waals surface area contributed by atoms with E-state index in [1.165, 1.54) is 0 Å². The topological polar surface area (TPSA) is 47.6 Å². The summed E-state index contributed by atoms with van der Waals surface area (Å²) in [5, 5.41) is 2.61. The maximum Gasteiger partial charge on any atom is 0.251 e. The fourth-order valence-electron chi connectivity index (χ4n) is 1.60. The Labute approximate surface area is 108 Å². The van der Waals surface area contributed by atoms with Gasteiger partial charge in [-0.25, -0.2) is 0 Å². The van der Waals surface area contributed by atoms with Gasteiger partial charge in [0.05, 0.1) is 13.2 Å². The zero-order chi connectivity index (χ0) is 13.4. The van der Waals surface area contributed by atoms with Crippen molar-refractivity contribution in [1.29, 1.82) is 0 Å². The van der Waals surface area contributed by atoms with Crippen LogP contribution in [-0.4, -0.2) is 26.2 Å². The van der Waals surface area contributed by atoms with E-state index in [4.69, 9.17) is 9.47 Å². The summed E-state index contributed by atoms with van der Waals surface area (Å²) in [7, 11) is 1.62. The van der Waals surface area contributed by atoms with Crippen LogP contribution in [-0.2, 0) is 11.3 Å². The SMILES string of the molecule is CCCOCc1cc(C(=O)NC)ccc1OCC. The van der Waals surface area contributed by atoms with Crippen molar-refractivity contribution in [2.24, 2.45) is 0 Å². The summed E-state index contributed by atoms with van der Waals surface area (Å²) in [5.41, 5.74) is 1.53. The van der Waals surface area contributed by atoms with Crippen molar-refractivity contribution in [2.45, 2.75) is 26.9 Å². The highest BCUT2D eigenvalue weighted by Gasteiger charge is 2.09. The lowest BCUT2D eigenvalue weighted by atomic mass is 10.1. The van der Waals surface area contributed by atoms with Gasteiger partial charge in [-0.15, -0.1) is 0 Å². The fourth-order valence-corrected chi connectivity index (χ4v) is 1.60. The molecule has 0 unspecified atom stereocenters. The number of carbonyl (C=O) groups is 1. The van der Waals surface area contributed by atoms with E-state index in [2.05, 4.69) is 12.2 Å². The Morgan fingerprint density at radius 1 is 1.33 bits per heavy atom. The molecule has 18 heavy (non-hydrogen) atoms. The number of benzene rings is 1. The van der Waals surface area contributed by atoms with Crippen molar-refractivity contribution in [3.63, 3.8) is 0 Å². The first-order valence-electron chi connectivity index (χ1n) is 6.28. The van der Waals surface area contributed by atoms with Crippen LogP contribution in [0.15, 0.2) is 18.2 Å². The molecule has 1 amide bonds. The van der Waals surface area contributed by atoms with Gasteiger partial charge in [-0.1, -0.05) is 6.92 Å². The molecule has 0 saturated carbocycles. The van der Waals surface area contributed by atoms with E-state index in [0.29, 0.717) is 25.4 Å². The van der Waals surface area contributed by atoms with Crippen LogP contribution in [0.4, 0.5) is 0 Å². The summed E-state index contributed by atoms with van der Waals surface area (Å²) in [6.45, 7) is 5.76. The maximum atomic E-state index is 11.6. The molecule has 4 heteroatoms. The lowest BCUT2D eigenvalue weighted by Crippen LogP contribution is -2.18. The smallest absolute Gasteiger partial charge is 0.251 e. The lowest BCUT2D eigenvalue weighted by molar-refractivity contribution is 0.0962. The summed E-state index contributed by atoms with van der Waals surface area (Å²) < 4.78 is 11.0. The quantitative estimate of drug-likeness (QED) is 0.757. The van der Waals surface area contributed by atoms with Crippen molar-refractivity contribution in [3.05, 3.63) is 29.3 Å². The zero-order valence-electron chi connectivity index (χ0n) is 11.3. The Morgan fingerprint density at radius 2 is 2.11 bits per heavy atom. The summed E-state index contributed by atoms with van der Waals surface area (Å²) in [4.78, 5) is 11.6. The van der Waals surface area contributed by atoms with Crippen molar-refractivity contribution in [2.75, 3.05) is 20.3 Å². The molecule has 1 N–H and O–H groups in total. The second-order valence-corrected chi connectivity index (χ2v) is 3.89. The zero-order valence-corrected chi connectivity index (χ0v) is 11.3. The summed E-state index contributed by atoms with van der Waals surface area (Å²) in [6.07, 6.45) is 0.971. The molecule has 0 saturated heterocycles. The van der Waals surface area contributed by atoms with Crippen LogP contribution < -0.4 is 10.1 Å². The number of hydrogen-bond acceptors (Lipinski definition) is 3. The van der Waals surface area contributed by atoms with Gasteiger partial charge in [0, 0.05) is 24.8 Å². The van der Waals surface area contributed by atoms with Crippen LogP contribution in [0, 0.1) is 0 Å². The molecule has 0 aromatic heterocycles. The van der Waals surface area contributed by atoms with Crippen LogP contribution in [0.3, 0.4) is 0 Å². The standard InChI is InChI=1S/C14H21NO3/c1-4-8-17-10-12-9-11(14(16)15-3)6-7-13(12)18-5-2/h6-7,9H,4-5,8,10H2,1-3H3,(H,15,16). The molecular formula is C14H21NO3. The highest BCUT2D eigenvalue weighted by molar-refractivity contribution is 5.94. The van der Waals surface area contributed by atoms with E-state index in [0.717, 1.165) is 17.7 Å². The van der Waals surface area contributed by atoms with E-state index in [-0.39, 0.29) is 5.91 Å². The second-order valence-electron chi connectivity index (χ2n) is 3.89. The van der Waals surface area contributed by atoms with E-state index >= 15 is 0 Å². The fraction of sp³-hybridized carbons (Fsp3) is 0.500. The molecule has 0 spiro atoms. The molecule has 0 aliphatic carbocycles. The Hall–Kier alpha value is -1.55. The summed E-state index contributed by atoms with van der Waals surface area (Å²) in [5.74, 6) is 0.677. The normalized spacial score (nSPS) is 10.2. The number of hydrogen-bond donors (Lipinski definition) is 1. The number of amides is 1. The Kier molecular flexibility index (Phi) is 6.22. The van der Waals surface area contributed by atoms with Gasteiger partial charge in [-0.3, -0.25) is 4.79 Å². The van der Waals surface area contributed by atoms with Gasteiger partial charge in [-0.05, 0) is 31.5 Å². The van der Waals surface area contributed by atoms with Crippen molar-refractivity contribution in [1.82, 2.24) is 5.32 Å². The van der Waals surface area contributed by atoms with E-state index in [1.807, 2.05) is 19.1 Å². The van der Waals surface area contributed by atoms with Crippen LogP contribution >= 0.6 is 0 Å². The average molecular weight is 251 g/mol. The summed E-state index contributed by atoms with van der Waals surface area (Å²) >= 11 is 0. The predicted molar refractivity (Wildman–Crippen MR) is 70.9 cm³/mol. The lowest BCUT2D eigenvalue weighted by Gasteiger charge is -2.12. The maximum absolute atomic E-state index is 11.6. The predicted octanol–water partition coefficient (Wildman–Crippen LogP) is 2.37. The van der Waals surface area contributed by atoms with Gasteiger partial charge in [0.15, 0.2) is 0 Å². The monoisotopic (exact) mass is 251 g/mol. The van der Waals surface area contributed by atoms with Gasteiger partial charge in [-0.2, -0.15) is 0 Å². The first-order valence-corrected chi connectivity index (χ1v) is 6.28. The van der Waals surface area contributed by atoms with Gasteiger partial charge in [0.2, 0.25) is 0 Å². The van der Waals surface area contributed by atoms with E-state index in [1.54, 1.807) is 13.1 Å². The molecule has 0 bridgehead atoms. The molecule has 1 aromatic rings. The van der Waals surface area contributed by atoms with Crippen LogP contribution in [0.2, 0.25) is 0 Å². The van der Waals surface area contributed by atoms with E-state index < -0.39 is 0 Å². The minimum absolute atomic E-state index is 0.102. The third-order valence-corrected chi connectivity index (χ3v) is 2.46. The van der Waals surface area contributed by atoms with Crippen molar-refractivity contribution in [3.8, 4) is 5.75 Å². The van der Waals surface area contributed by atoms with Crippen LogP contribution in [0.1, 0.15) is 36.2 Å². The van der Waals surface area contributed by atoms with Gasteiger partial charge in [0.1, 0.15) is 5.75 Å². The third kappa shape index (κ3) is 4.04. The molecule has 0 aliphatic rings. The molecule has 100 valence electrons. The molecule has 1 rings (SSSR count). The minimum atomic E-state index is -0.102. The van der Waals surface area contributed by atoms with Gasteiger partial charge < -0.3 is 14.8 Å². The molecule has 0 atom stereocenters. The largest absolute Gasteiger partial charge is 0.494 e. The highest BCUT2D eigenvalue weighted by Crippen LogP contribution is 2.21. The highest BCUT2D eigenvalue weighted by atomic mass is 16.5. The Bertz CT molecular complexity index is 391. The number of carbonyl (C=O) groups excluding carboxylic acids is 1. The molecule has 1 aromatic carbocycles. The molecular weight excluding hydrogens is 230 g/mol. The number of ether oxygens (including phenoxy) is 2. The first kappa shape index (κ1) is 14.5. The molecule has 0 radical (unpaired) electrons. The average Bonchev–Trinajstić information content (AvgIpc) is 2.40. The van der Waals surface area contributed by atoms with Crippen molar-refractivity contribution >= 4 is 5.91 Å². The van der Waals surface area contributed by atoms with Crippen LogP contribution in [0.5, 0.6) is 5.75 Å². The third-order valence-electron chi connectivity index (χ3n) is 2.46. The van der Waals surface area contributed by atoms with Crippen molar-refractivity contribution < 1.29 is 14.3 Å². The Balaban J connectivity index is 2.88. The molecule has 0 aliphatic heterocycles. The van der Waals surface area contributed by atoms with Crippen LogP contribution in [0.25, 0.3) is 0 Å². The van der Waals surface area contributed by atoms with Gasteiger partial charge in [0.25, 0.3) is 5.91 Å². The van der Waals surface area contributed by atoms with E-state index in [9.17, 15) is 4.79 Å². The molecule has 0 heterocycles. The Morgan fingerprint density at radius 3 is 2.72 bits per heavy atom. The first-order chi connectivity index (χ1) is 8.72.